The predicted octanol–water partition coefficient (Wildman–Crippen LogP) is 4.57. The molecule has 1 unspecified atom stereocenters. The highest BCUT2D eigenvalue weighted by molar-refractivity contribution is 5.62. The Hall–Kier alpha value is -3.27. The molecule has 0 saturated carbocycles. The number of hydrogen-bond donors (Lipinski definition) is 3. The highest BCUT2D eigenvalue weighted by atomic mass is 19.4. The number of rotatable bonds is 6. The largest absolute Gasteiger partial charge is 0.433 e. The van der Waals surface area contributed by atoms with Gasteiger partial charge in [-0.15, -0.1) is 0 Å². The number of aromatic nitrogens is 4. The summed E-state index contributed by atoms with van der Waals surface area (Å²) in [6.07, 6.45) is -4.17. The molecule has 1 atom stereocenters. The van der Waals surface area contributed by atoms with Crippen molar-refractivity contribution in [3.8, 4) is 11.4 Å². The number of anilines is 3. The summed E-state index contributed by atoms with van der Waals surface area (Å²) in [6.45, 7) is 5.46. The van der Waals surface area contributed by atoms with E-state index in [1.54, 1.807) is 31.2 Å². The highest BCUT2D eigenvalue weighted by Gasteiger charge is 2.32. The van der Waals surface area contributed by atoms with Gasteiger partial charge in [0.2, 0.25) is 11.9 Å². The van der Waals surface area contributed by atoms with Crippen LogP contribution < -0.4 is 10.6 Å². The number of benzene rings is 1. The maximum Gasteiger partial charge on any atom is 0.433 e. The van der Waals surface area contributed by atoms with E-state index in [9.17, 15) is 18.3 Å². The molecule has 0 aliphatic carbocycles. The summed E-state index contributed by atoms with van der Waals surface area (Å²) in [6, 6.07) is 9.36. The van der Waals surface area contributed by atoms with Crippen molar-refractivity contribution in [3.05, 3.63) is 53.9 Å². The van der Waals surface area contributed by atoms with E-state index in [1.807, 2.05) is 13.8 Å². The lowest BCUT2D eigenvalue weighted by atomic mass is 10.1. The van der Waals surface area contributed by atoms with E-state index in [2.05, 4.69) is 30.6 Å². The van der Waals surface area contributed by atoms with Crippen molar-refractivity contribution in [2.24, 2.45) is 0 Å². The van der Waals surface area contributed by atoms with Crippen LogP contribution in [-0.2, 0) is 6.18 Å². The molecular weight excluding hydrogens is 397 g/mol. The zero-order chi connectivity index (χ0) is 21.9. The molecule has 1 aromatic carbocycles. The average molecular weight is 418 g/mol. The van der Waals surface area contributed by atoms with Crippen molar-refractivity contribution in [1.29, 1.82) is 0 Å². The van der Waals surface area contributed by atoms with Crippen molar-refractivity contribution >= 4 is 17.6 Å². The van der Waals surface area contributed by atoms with Gasteiger partial charge < -0.3 is 15.7 Å². The summed E-state index contributed by atoms with van der Waals surface area (Å²) in [5.41, 5.74) is 0.441. The molecule has 0 spiro atoms. The second-order valence-electron chi connectivity index (χ2n) is 6.96. The Labute approximate surface area is 171 Å². The molecule has 7 nitrogen and oxygen atoms in total. The molecule has 158 valence electrons. The van der Waals surface area contributed by atoms with Gasteiger partial charge in [0.05, 0.1) is 6.10 Å². The summed E-state index contributed by atoms with van der Waals surface area (Å²) in [7, 11) is 0. The number of nitrogens with one attached hydrogen (secondary N) is 2. The smallest absolute Gasteiger partial charge is 0.389 e. The molecule has 3 aromatic rings. The zero-order valence-corrected chi connectivity index (χ0v) is 16.6. The molecule has 0 amide bonds. The zero-order valence-electron chi connectivity index (χ0n) is 16.6. The van der Waals surface area contributed by atoms with Gasteiger partial charge >= 0.3 is 6.18 Å². The monoisotopic (exact) mass is 418 g/mol. The average Bonchev–Trinajstić information content (AvgIpc) is 2.67. The lowest BCUT2D eigenvalue weighted by Gasteiger charge is -2.13. The maximum absolute atomic E-state index is 12.9. The van der Waals surface area contributed by atoms with Crippen molar-refractivity contribution in [3.63, 3.8) is 0 Å². The van der Waals surface area contributed by atoms with Crippen molar-refractivity contribution in [2.45, 2.75) is 39.1 Å². The minimum absolute atomic E-state index is 0.0228. The van der Waals surface area contributed by atoms with Crippen LogP contribution in [0.3, 0.4) is 0 Å². The summed E-state index contributed by atoms with van der Waals surface area (Å²) < 4.78 is 38.8. The number of halogens is 3. The summed E-state index contributed by atoms with van der Waals surface area (Å²) >= 11 is 0. The molecule has 0 radical (unpaired) electrons. The fourth-order valence-electron chi connectivity index (χ4n) is 2.61. The lowest BCUT2D eigenvalue weighted by Crippen LogP contribution is -2.14. The lowest BCUT2D eigenvalue weighted by molar-refractivity contribution is -0.141. The number of pyridine rings is 1. The van der Waals surface area contributed by atoms with Crippen molar-refractivity contribution in [2.75, 3.05) is 10.6 Å². The van der Waals surface area contributed by atoms with E-state index < -0.39 is 18.0 Å². The molecule has 0 aliphatic heterocycles. The molecular formula is C20H21F3N6O. The second kappa shape index (κ2) is 8.62. The number of alkyl halides is 3. The first-order chi connectivity index (χ1) is 14.1. The van der Waals surface area contributed by atoms with Crippen molar-refractivity contribution < 1.29 is 18.3 Å². The molecule has 0 bridgehead atoms. The fraction of sp³-hybridized carbons (Fsp3) is 0.300. The highest BCUT2D eigenvalue weighted by Crippen LogP contribution is 2.30. The fourth-order valence-corrected chi connectivity index (χ4v) is 2.61. The van der Waals surface area contributed by atoms with Gasteiger partial charge in [-0.25, -0.2) is 0 Å². The molecule has 2 heterocycles. The second-order valence-corrected chi connectivity index (χ2v) is 6.96. The Kier molecular flexibility index (Phi) is 6.16. The van der Waals surface area contributed by atoms with E-state index >= 15 is 0 Å². The summed E-state index contributed by atoms with van der Waals surface area (Å²) in [4.78, 5) is 16.3. The standard InChI is InChI=1S/C20H21F3N6O/c1-11(2)25-18-27-17(14-6-4-5-13(9-14)12(3)30)28-19(29-18)26-15-7-8-24-16(10-15)20(21,22)23/h4-12,30H,1-3H3,(H2,24,25,26,27,28,29). The first-order valence-corrected chi connectivity index (χ1v) is 9.23. The van der Waals surface area contributed by atoms with Crippen LogP contribution in [0.15, 0.2) is 42.6 Å². The third-order valence-corrected chi connectivity index (χ3v) is 3.99. The third-order valence-electron chi connectivity index (χ3n) is 3.99. The van der Waals surface area contributed by atoms with Gasteiger partial charge in [-0.3, -0.25) is 4.98 Å². The van der Waals surface area contributed by atoms with Crippen LogP contribution in [0, 0.1) is 0 Å². The van der Waals surface area contributed by atoms with Gasteiger partial charge in [0.1, 0.15) is 5.69 Å². The normalized spacial score (nSPS) is 12.7. The molecule has 30 heavy (non-hydrogen) atoms. The topological polar surface area (TPSA) is 95.9 Å². The molecule has 0 aliphatic rings. The summed E-state index contributed by atoms with van der Waals surface area (Å²) in [5, 5.41) is 15.7. The Morgan fingerprint density at radius 3 is 2.37 bits per heavy atom. The Bertz CT molecular complexity index is 1020. The molecule has 10 heteroatoms. The SMILES string of the molecule is CC(C)Nc1nc(Nc2ccnc(C(F)(F)F)c2)nc(-c2cccc(C(C)O)c2)n1. The number of aliphatic hydroxyl groups excluding tert-OH is 1. The van der Waals surface area contributed by atoms with Crippen LogP contribution in [0.25, 0.3) is 11.4 Å². The molecule has 2 aromatic heterocycles. The molecule has 0 saturated heterocycles. The van der Waals surface area contributed by atoms with Crippen LogP contribution in [0.2, 0.25) is 0 Å². The van der Waals surface area contributed by atoms with Gasteiger partial charge in [-0.1, -0.05) is 18.2 Å². The molecule has 3 rings (SSSR count). The van der Waals surface area contributed by atoms with E-state index in [0.717, 1.165) is 12.3 Å². The summed E-state index contributed by atoms with van der Waals surface area (Å²) in [5.74, 6) is 0.651. The van der Waals surface area contributed by atoms with Crippen LogP contribution in [0.4, 0.5) is 30.8 Å². The predicted molar refractivity (Wildman–Crippen MR) is 107 cm³/mol. The van der Waals surface area contributed by atoms with Gasteiger partial charge in [-0.2, -0.15) is 28.1 Å². The maximum atomic E-state index is 12.9. The Morgan fingerprint density at radius 1 is 0.967 bits per heavy atom. The first-order valence-electron chi connectivity index (χ1n) is 9.23. The third kappa shape index (κ3) is 5.41. The van der Waals surface area contributed by atoms with E-state index in [-0.39, 0.29) is 23.6 Å². The van der Waals surface area contributed by atoms with Gasteiger partial charge in [-0.05, 0) is 44.5 Å². The quantitative estimate of drug-likeness (QED) is 0.540. The minimum Gasteiger partial charge on any atom is -0.389 e. The minimum atomic E-state index is -4.56. The van der Waals surface area contributed by atoms with E-state index in [4.69, 9.17) is 0 Å². The number of nitrogens with zero attached hydrogens (tertiary/aromatic N) is 4. The number of hydrogen-bond acceptors (Lipinski definition) is 7. The molecule has 0 fully saturated rings. The Morgan fingerprint density at radius 2 is 1.70 bits per heavy atom. The van der Waals surface area contributed by atoms with Gasteiger partial charge in [0, 0.05) is 23.5 Å². The van der Waals surface area contributed by atoms with Crippen LogP contribution in [-0.4, -0.2) is 31.1 Å². The van der Waals surface area contributed by atoms with Crippen LogP contribution in [0.5, 0.6) is 0 Å². The molecule has 3 N–H and O–H groups in total. The van der Waals surface area contributed by atoms with Gasteiger partial charge in [0.15, 0.2) is 5.82 Å². The van der Waals surface area contributed by atoms with Crippen LogP contribution >= 0.6 is 0 Å². The Balaban J connectivity index is 2.01. The van der Waals surface area contributed by atoms with E-state index in [1.165, 1.54) is 6.07 Å². The van der Waals surface area contributed by atoms with Gasteiger partial charge in [0.25, 0.3) is 0 Å². The van der Waals surface area contributed by atoms with Crippen LogP contribution in [0.1, 0.15) is 38.1 Å². The first kappa shape index (κ1) is 21.4. The number of aliphatic hydroxyl groups is 1. The van der Waals surface area contributed by atoms with Crippen molar-refractivity contribution in [1.82, 2.24) is 19.9 Å². The van der Waals surface area contributed by atoms with E-state index in [0.29, 0.717) is 17.0 Å².